The van der Waals surface area contributed by atoms with Gasteiger partial charge in [0.1, 0.15) is 0 Å². The predicted molar refractivity (Wildman–Crippen MR) is 56.3 cm³/mol. The molecule has 0 saturated carbocycles. The standard InChI is InChI=1S/C7H15N5O4/c1-9-7(8)10-4-2-3-5(6(13)14)11-12(15)16/h5,11H,2-4H2,1H3,(H,13,14)(H3,8,9,10)/t5-/m0/s1. The highest BCUT2D eigenvalue weighted by Gasteiger charge is 2.21. The fourth-order valence-electron chi connectivity index (χ4n) is 0.972. The number of hydrazine groups is 1. The molecule has 9 nitrogen and oxygen atoms in total. The molecule has 1 atom stereocenters. The summed E-state index contributed by atoms with van der Waals surface area (Å²) >= 11 is 0. The number of nitrogens with one attached hydrogen (secondary N) is 2. The van der Waals surface area contributed by atoms with Crippen molar-refractivity contribution in [3.8, 4) is 0 Å². The Kier molecular flexibility index (Phi) is 6.33. The average Bonchev–Trinajstić information content (AvgIpc) is 2.21. The molecule has 0 amide bonds. The first-order valence-electron chi connectivity index (χ1n) is 4.57. The van der Waals surface area contributed by atoms with E-state index in [2.05, 4.69) is 10.3 Å². The number of nitro groups is 1. The molecule has 0 bridgehead atoms. The van der Waals surface area contributed by atoms with Crippen molar-refractivity contribution in [1.82, 2.24) is 10.7 Å². The minimum atomic E-state index is -1.26. The average molecular weight is 233 g/mol. The summed E-state index contributed by atoms with van der Waals surface area (Å²) in [6, 6.07) is -1.20. The van der Waals surface area contributed by atoms with Gasteiger partial charge in [-0.15, -0.1) is 5.43 Å². The first kappa shape index (κ1) is 13.9. The minimum Gasteiger partial charge on any atom is -0.480 e. The van der Waals surface area contributed by atoms with Crippen molar-refractivity contribution in [1.29, 1.82) is 0 Å². The van der Waals surface area contributed by atoms with Gasteiger partial charge in [-0.05, 0) is 12.8 Å². The monoisotopic (exact) mass is 233 g/mol. The lowest BCUT2D eigenvalue weighted by Gasteiger charge is -2.09. The second-order valence-corrected chi connectivity index (χ2v) is 2.95. The molecule has 0 radical (unpaired) electrons. The molecule has 0 unspecified atom stereocenters. The zero-order chi connectivity index (χ0) is 12.6. The van der Waals surface area contributed by atoms with Crippen LogP contribution in [0.4, 0.5) is 0 Å². The van der Waals surface area contributed by atoms with E-state index in [-0.39, 0.29) is 12.4 Å². The molecule has 0 aromatic heterocycles. The minimum absolute atomic E-state index is 0.125. The maximum Gasteiger partial charge on any atom is 0.332 e. The SMILES string of the molecule is CN=C(N)NCCC[C@H](N[N+](=O)[O-])C(=O)O. The highest BCUT2D eigenvalue weighted by molar-refractivity contribution is 5.77. The lowest BCUT2D eigenvalue weighted by atomic mass is 10.1. The zero-order valence-electron chi connectivity index (χ0n) is 8.84. The molecule has 0 fully saturated rings. The van der Waals surface area contributed by atoms with E-state index in [1.54, 1.807) is 5.43 Å². The predicted octanol–water partition coefficient (Wildman–Crippen LogP) is -1.46. The van der Waals surface area contributed by atoms with Crippen LogP contribution >= 0.6 is 0 Å². The number of nitrogens with two attached hydrogens (primary N) is 1. The Labute approximate surface area is 91.8 Å². The van der Waals surface area contributed by atoms with Gasteiger partial charge in [0.05, 0.1) is 0 Å². The molecule has 0 rings (SSSR count). The lowest BCUT2D eigenvalue weighted by Crippen LogP contribution is -2.41. The Bertz CT molecular complexity index is 280. The topological polar surface area (TPSA) is 143 Å². The van der Waals surface area contributed by atoms with E-state index < -0.39 is 17.0 Å². The summed E-state index contributed by atoms with van der Waals surface area (Å²) in [5.41, 5.74) is 7.04. The van der Waals surface area contributed by atoms with E-state index in [1.165, 1.54) is 7.05 Å². The van der Waals surface area contributed by atoms with Gasteiger partial charge in [0.25, 0.3) is 0 Å². The Morgan fingerprint density at radius 1 is 1.69 bits per heavy atom. The van der Waals surface area contributed by atoms with Gasteiger partial charge in [0.15, 0.2) is 17.0 Å². The van der Waals surface area contributed by atoms with Crippen molar-refractivity contribution < 1.29 is 14.9 Å². The Morgan fingerprint density at radius 3 is 2.75 bits per heavy atom. The van der Waals surface area contributed by atoms with Crippen LogP contribution in [-0.4, -0.2) is 41.7 Å². The van der Waals surface area contributed by atoms with Gasteiger partial charge in [-0.2, -0.15) is 0 Å². The van der Waals surface area contributed by atoms with Gasteiger partial charge < -0.3 is 16.2 Å². The molecule has 16 heavy (non-hydrogen) atoms. The number of rotatable bonds is 7. The largest absolute Gasteiger partial charge is 0.480 e. The number of nitrogens with zero attached hydrogens (tertiary/aromatic N) is 2. The van der Waals surface area contributed by atoms with Crippen molar-refractivity contribution in [3.63, 3.8) is 0 Å². The number of carboxylic acid groups (broad SMARTS) is 1. The molecular weight excluding hydrogens is 218 g/mol. The van der Waals surface area contributed by atoms with Gasteiger partial charge in [0, 0.05) is 13.6 Å². The van der Waals surface area contributed by atoms with Crippen LogP contribution in [0.2, 0.25) is 0 Å². The number of guanidine groups is 1. The maximum atomic E-state index is 10.6. The maximum absolute atomic E-state index is 10.6. The highest BCUT2D eigenvalue weighted by Crippen LogP contribution is 1.96. The lowest BCUT2D eigenvalue weighted by molar-refractivity contribution is -0.549. The van der Waals surface area contributed by atoms with Crippen molar-refractivity contribution >= 4 is 11.9 Å². The van der Waals surface area contributed by atoms with Gasteiger partial charge in [-0.1, -0.05) is 0 Å². The molecular formula is C7H15N5O4. The molecule has 0 aromatic rings. The van der Waals surface area contributed by atoms with Crippen LogP contribution in [0, 0.1) is 10.1 Å². The Morgan fingerprint density at radius 2 is 2.31 bits per heavy atom. The third-order valence-electron chi connectivity index (χ3n) is 1.78. The summed E-state index contributed by atoms with van der Waals surface area (Å²) in [5, 5.41) is 20.6. The van der Waals surface area contributed by atoms with Crippen molar-refractivity contribution in [2.24, 2.45) is 10.7 Å². The number of hydrogen-bond acceptors (Lipinski definition) is 4. The third-order valence-corrected chi connectivity index (χ3v) is 1.78. The molecule has 0 saturated heterocycles. The van der Waals surface area contributed by atoms with Gasteiger partial charge in [-0.25, -0.2) is 14.9 Å². The number of carbonyl (C=O) groups is 1. The number of carboxylic acids is 1. The fourth-order valence-corrected chi connectivity index (χ4v) is 0.972. The van der Waals surface area contributed by atoms with Crippen molar-refractivity contribution in [3.05, 3.63) is 10.1 Å². The second kappa shape index (κ2) is 7.26. The van der Waals surface area contributed by atoms with E-state index in [0.717, 1.165) is 0 Å². The normalized spacial score (nSPS) is 12.9. The first-order valence-corrected chi connectivity index (χ1v) is 4.57. The van der Waals surface area contributed by atoms with E-state index in [0.29, 0.717) is 13.0 Å². The van der Waals surface area contributed by atoms with E-state index in [1.807, 2.05) is 0 Å². The summed E-state index contributed by atoms with van der Waals surface area (Å²) in [6.45, 7) is 0.409. The molecule has 0 aliphatic carbocycles. The summed E-state index contributed by atoms with van der Waals surface area (Å²) in [6.07, 6.45) is 0.550. The van der Waals surface area contributed by atoms with Gasteiger partial charge in [-0.3, -0.25) is 4.99 Å². The number of aliphatic imine (C=N–C) groups is 1. The van der Waals surface area contributed by atoms with Crippen LogP contribution in [0.5, 0.6) is 0 Å². The number of aliphatic carboxylic acids is 1. The van der Waals surface area contributed by atoms with Crippen LogP contribution in [0.1, 0.15) is 12.8 Å². The smallest absolute Gasteiger partial charge is 0.332 e. The van der Waals surface area contributed by atoms with Crippen LogP contribution in [0.25, 0.3) is 0 Å². The van der Waals surface area contributed by atoms with Crippen LogP contribution in [-0.2, 0) is 4.79 Å². The van der Waals surface area contributed by atoms with E-state index in [9.17, 15) is 14.9 Å². The molecule has 92 valence electrons. The summed E-state index contributed by atoms with van der Waals surface area (Å²) in [4.78, 5) is 24.3. The molecule has 0 heterocycles. The summed E-state index contributed by atoms with van der Waals surface area (Å²) < 4.78 is 0. The number of hydrogen-bond donors (Lipinski definition) is 4. The van der Waals surface area contributed by atoms with Crippen molar-refractivity contribution in [2.75, 3.05) is 13.6 Å². The Hall–Kier alpha value is -2.06. The molecule has 9 heteroatoms. The third kappa shape index (κ3) is 6.40. The van der Waals surface area contributed by atoms with Crippen LogP contribution < -0.4 is 16.5 Å². The van der Waals surface area contributed by atoms with Crippen molar-refractivity contribution in [2.45, 2.75) is 18.9 Å². The van der Waals surface area contributed by atoms with Crippen LogP contribution in [0.3, 0.4) is 0 Å². The fraction of sp³-hybridized carbons (Fsp3) is 0.714. The van der Waals surface area contributed by atoms with E-state index in [4.69, 9.17) is 10.8 Å². The molecule has 0 aliphatic rings. The van der Waals surface area contributed by atoms with E-state index >= 15 is 0 Å². The van der Waals surface area contributed by atoms with Gasteiger partial charge in [0.2, 0.25) is 0 Å². The summed E-state index contributed by atoms with van der Waals surface area (Å²) in [7, 11) is 1.51. The summed E-state index contributed by atoms with van der Waals surface area (Å²) in [5.74, 6) is -1.01. The molecule has 0 spiro atoms. The molecule has 0 aliphatic heterocycles. The second-order valence-electron chi connectivity index (χ2n) is 2.95. The quantitative estimate of drug-likeness (QED) is 0.138. The Balaban J connectivity index is 3.85. The zero-order valence-corrected chi connectivity index (χ0v) is 8.84. The van der Waals surface area contributed by atoms with Gasteiger partial charge >= 0.3 is 5.97 Å². The molecule has 5 N–H and O–H groups in total. The van der Waals surface area contributed by atoms with Crippen LogP contribution in [0.15, 0.2) is 4.99 Å². The first-order chi connectivity index (χ1) is 7.47. The highest BCUT2D eigenvalue weighted by atomic mass is 16.7. The molecule has 0 aromatic carbocycles.